The number of rotatable bonds is 7. The quantitative estimate of drug-likeness (QED) is 0.456. The Balaban J connectivity index is 1.60. The Morgan fingerprint density at radius 3 is 2.71 bits per heavy atom. The summed E-state index contributed by atoms with van der Waals surface area (Å²) >= 11 is 1.64. The molecule has 0 bridgehead atoms. The van der Waals surface area contributed by atoms with Crippen molar-refractivity contribution in [3.8, 4) is 16.9 Å². The summed E-state index contributed by atoms with van der Waals surface area (Å²) < 4.78 is 2.02. The largest absolute Gasteiger partial charge is 0.312 e. The van der Waals surface area contributed by atoms with Crippen LogP contribution in [0.3, 0.4) is 0 Å². The van der Waals surface area contributed by atoms with E-state index in [9.17, 15) is 0 Å². The number of benzene rings is 2. The number of thiazole rings is 1. The van der Waals surface area contributed by atoms with Crippen molar-refractivity contribution in [2.45, 2.75) is 26.8 Å². The van der Waals surface area contributed by atoms with E-state index in [1.54, 1.807) is 11.3 Å². The highest BCUT2D eigenvalue weighted by Gasteiger charge is 2.13. The first-order chi connectivity index (χ1) is 13.7. The van der Waals surface area contributed by atoms with Gasteiger partial charge in [-0.1, -0.05) is 42.5 Å². The average molecular weight is 389 g/mol. The van der Waals surface area contributed by atoms with Crippen LogP contribution in [0.4, 0.5) is 0 Å². The van der Waals surface area contributed by atoms with Gasteiger partial charge in [-0.15, -0.1) is 11.3 Å². The van der Waals surface area contributed by atoms with Gasteiger partial charge in [0.1, 0.15) is 0 Å². The molecule has 2 aromatic heterocycles. The zero-order valence-electron chi connectivity index (χ0n) is 16.2. The van der Waals surface area contributed by atoms with E-state index in [0.717, 1.165) is 42.1 Å². The Morgan fingerprint density at radius 2 is 1.93 bits per heavy atom. The molecule has 5 heteroatoms. The van der Waals surface area contributed by atoms with Crippen LogP contribution < -0.4 is 5.32 Å². The van der Waals surface area contributed by atoms with Gasteiger partial charge < -0.3 is 5.32 Å². The second-order valence-electron chi connectivity index (χ2n) is 7.01. The molecule has 0 saturated carbocycles. The van der Waals surface area contributed by atoms with Crippen molar-refractivity contribution in [2.24, 2.45) is 0 Å². The number of hydrogen-bond acceptors (Lipinski definition) is 4. The standard InChI is InChI=1S/C23H24N4S/c1-17-8-9-18(2)22(12-17)27-14-20(13-24-11-10-21-15-28-16-25-21)23(26-27)19-6-4-3-5-7-19/h3-9,12,14-16,24H,10-11,13H2,1-2H3. The van der Waals surface area contributed by atoms with Crippen LogP contribution in [0.1, 0.15) is 22.4 Å². The Kier molecular flexibility index (Phi) is 5.65. The fraction of sp³-hybridized carbons (Fsp3) is 0.217. The highest BCUT2D eigenvalue weighted by atomic mass is 32.1. The van der Waals surface area contributed by atoms with Crippen molar-refractivity contribution in [1.29, 1.82) is 0 Å². The van der Waals surface area contributed by atoms with Crippen molar-refractivity contribution in [2.75, 3.05) is 6.54 Å². The molecule has 0 aliphatic carbocycles. The molecule has 28 heavy (non-hydrogen) atoms. The monoisotopic (exact) mass is 388 g/mol. The van der Waals surface area contributed by atoms with E-state index in [4.69, 9.17) is 5.10 Å². The van der Waals surface area contributed by atoms with Crippen LogP contribution in [0.2, 0.25) is 0 Å². The topological polar surface area (TPSA) is 42.7 Å². The molecular formula is C23H24N4S. The molecule has 2 heterocycles. The highest BCUT2D eigenvalue weighted by molar-refractivity contribution is 7.07. The van der Waals surface area contributed by atoms with Crippen LogP contribution in [-0.2, 0) is 13.0 Å². The number of aryl methyl sites for hydroxylation is 2. The summed E-state index contributed by atoms with van der Waals surface area (Å²) in [4.78, 5) is 4.35. The average Bonchev–Trinajstić information content (AvgIpc) is 3.38. The molecule has 0 saturated heterocycles. The van der Waals surface area contributed by atoms with Gasteiger partial charge >= 0.3 is 0 Å². The third-order valence-electron chi connectivity index (χ3n) is 4.81. The fourth-order valence-electron chi connectivity index (χ4n) is 3.27. The number of nitrogens with zero attached hydrogens (tertiary/aromatic N) is 3. The normalized spacial score (nSPS) is 11.1. The van der Waals surface area contributed by atoms with Gasteiger partial charge in [0.15, 0.2) is 0 Å². The zero-order chi connectivity index (χ0) is 19.3. The Labute approximate surface area is 169 Å². The second-order valence-corrected chi connectivity index (χ2v) is 7.73. The van der Waals surface area contributed by atoms with Gasteiger partial charge in [0.25, 0.3) is 0 Å². The van der Waals surface area contributed by atoms with Gasteiger partial charge in [-0.05, 0) is 31.0 Å². The van der Waals surface area contributed by atoms with E-state index in [1.807, 2.05) is 16.3 Å². The minimum Gasteiger partial charge on any atom is -0.312 e. The van der Waals surface area contributed by atoms with E-state index >= 15 is 0 Å². The number of hydrogen-bond donors (Lipinski definition) is 1. The maximum absolute atomic E-state index is 4.95. The first-order valence-electron chi connectivity index (χ1n) is 9.50. The molecule has 0 unspecified atom stereocenters. The molecule has 0 fully saturated rings. The summed E-state index contributed by atoms with van der Waals surface area (Å²) in [6.45, 7) is 5.92. The van der Waals surface area contributed by atoms with Gasteiger partial charge in [0, 0.05) is 42.2 Å². The third-order valence-corrected chi connectivity index (χ3v) is 5.44. The summed E-state index contributed by atoms with van der Waals surface area (Å²) in [6, 6.07) is 16.9. The lowest BCUT2D eigenvalue weighted by Gasteiger charge is -2.06. The SMILES string of the molecule is Cc1ccc(C)c(-n2cc(CNCCc3cscn3)c(-c3ccccc3)n2)c1. The molecule has 0 aliphatic rings. The Bertz CT molecular complexity index is 1040. The van der Waals surface area contributed by atoms with E-state index in [1.165, 1.54) is 16.7 Å². The van der Waals surface area contributed by atoms with Crippen LogP contribution in [0.15, 0.2) is 65.6 Å². The van der Waals surface area contributed by atoms with Crippen LogP contribution in [0.5, 0.6) is 0 Å². The second kappa shape index (κ2) is 8.50. The molecule has 2 aromatic carbocycles. The van der Waals surface area contributed by atoms with Gasteiger partial charge in [-0.25, -0.2) is 9.67 Å². The maximum atomic E-state index is 4.95. The van der Waals surface area contributed by atoms with E-state index in [2.05, 4.69) is 78.2 Å². The van der Waals surface area contributed by atoms with Crippen molar-refractivity contribution in [1.82, 2.24) is 20.1 Å². The minimum atomic E-state index is 0.777. The summed E-state index contributed by atoms with van der Waals surface area (Å²) in [5.41, 5.74) is 9.99. The summed E-state index contributed by atoms with van der Waals surface area (Å²) in [6.07, 6.45) is 3.09. The minimum absolute atomic E-state index is 0.777. The van der Waals surface area contributed by atoms with Crippen molar-refractivity contribution < 1.29 is 0 Å². The van der Waals surface area contributed by atoms with Gasteiger partial charge in [-0.3, -0.25) is 0 Å². The van der Waals surface area contributed by atoms with Crippen molar-refractivity contribution in [3.05, 3.63) is 88.0 Å². The molecule has 4 aromatic rings. The predicted octanol–water partition coefficient (Wildman–Crippen LogP) is 4.94. The third kappa shape index (κ3) is 4.21. The smallest absolute Gasteiger partial charge is 0.0972 e. The molecule has 0 atom stereocenters. The summed E-state index contributed by atoms with van der Waals surface area (Å²) in [7, 11) is 0. The molecule has 0 aliphatic heterocycles. The predicted molar refractivity (Wildman–Crippen MR) is 116 cm³/mol. The van der Waals surface area contributed by atoms with Crippen LogP contribution >= 0.6 is 11.3 Å². The van der Waals surface area contributed by atoms with Gasteiger partial charge in [-0.2, -0.15) is 5.10 Å². The molecule has 0 spiro atoms. The number of nitrogens with one attached hydrogen (secondary N) is 1. The van der Waals surface area contributed by atoms with E-state index in [-0.39, 0.29) is 0 Å². The zero-order valence-corrected chi connectivity index (χ0v) is 17.0. The molecule has 0 amide bonds. The van der Waals surface area contributed by atoms with Gasteiger partial charge in [0.2, 0.25) is 0 Å². The molecule has 0 radical (unpaired) electrons. The molecule has 142 valence electrons. The lowest BCUT2D eigenvalue weighted by molar-refractivity contribution is 0.682. The van der Waals surface area contributed by atoms with Crippen molar-refractivity contribution in [3.63, 3.8) is 0 Å². The van der Waals surface area contributed by atoms with Crippen molar-refractivity contribution >= 4 is 11.3 Å². The van der Waals surface area contributed by atoms with E-state index in [0.29, 0.717) is 0 Å². The fourth-order valence-corrected chi connectivity index (χ4v) is 3.86. The summed E-state index contributed by atoms with van der Waals surface area (Å²) in [5, 5.41) is 10.6. The number of aromatic nitrogens is 3. The van der Waals surface area contributed by atoms with Gasteiger partial charge in [0.05, 0.1) is 22.6 Å². The Hall–Kier alpha value is -2.76. The van der Waals surface area contributed by atoms with Crippen LogP contribution in [0.25, 0.3) is 16.9 Å². The first kappa shape index (κ1) is 18.6. The maximum Gasteiger partial charge on any atom is 0.0972 e. The summed E-state index contributed by atoms with van der Waals surface area (Å²) in [5.74, 6) is 0. The lowest BCUT2D eigenvalue weighted by Crippen LogP contribution is -2.17. The molecule has 4 nitrogen and oxygen atoms in total. The molecular weight excluding hydrogens is 364 g/mol. The highest BCUT2D eigenvalue weighted by Crippen LogP contribution is 2.25. The lowest BCUT2D eigenvalue weighted by atomic mass is 10.1. The Morgan fingerprint density at radius 1 is 1.07 bits per heavy atom. The molecule has 4 rings (SSSR count). The first-order valence-corrected chi connectivity index (χ1v) is 10.4. The molecule has 1 N–H and O–H groups in total. The van der Waals surface area contributed by atoms with E-state index < -0.39 is 0 Å². The van der Waals surface area contributed by atoms with Crippen LogP contribution in [0, 0.1) is 13.8 Å². The van der Waals surface area contributed by atoms with Crippen LogP contribution in [-0.4, -0.2) is 21.3 Å².